The highest BCUT2D eigenvalue weighted by atomic mass is 32.2. The predicted molar refractivity (Wildman–Crippen MR) is 88.3 cm³/mol. The van der Waals surface area contributed by atoms with Gasteiger partial charge in [-0.3, -0.25) is 4.55 Å². The lowest BCUT2D eigenvalue weighted by Gasteiger charge is -2.33. The summed E-state index contributed by atoms with van der Waals surface area (Å²) in [6.07, 6.45) is -23.8. The highest BCUT2D eigenvalue weighted by Crippen LogP contribution is 2.42. The molecule has 0 bridgehead atoms. The number of hydrogen-bond donors (Lipinski definition) is 1. The summed E-state index contributed by atoms with van der Waals surface area (Å²) in [7, 11) is -6.78. The zero-order valence-corrected chi connectivity index (χ0v) is 18.2. The average Bonchev–Trinajstić information content (AvgIpc) is 2.65. The predicted octanol–water partition coefficient (Wildman–Crippen LogP) is 4.32. The van der Waals surface area contributed by atoms with Gasteiger partial charge in [0.15, 0.2) is 0 Å². The van der Waals surface area contributed by atoms with Crippen LogP contribution in [0, 0.1) is 0 Å². The lowest BCUT2D eigenvalue weighted by molar-refractivity contribution is -0.356. The maximum absolute atomic E-state index is 13.6. The van der Waals surface area contributed by atoms with Crippen LogP contribution in [0.25, 0.3) is 0 Å². The molecule has 0 saturated heterocycles. The molecular weight excluding hydrogens is 587 g/mol. The van der Waals surface area contributed by atoms with Crippen LogP contribution in [0.5, 0.6) is 0 Å². The van der Waals surface area contributed by atoms with Crippen LogP contribution in [0.15, 0.2) is 12.2 Å². The molecule has 1 unspecified atom stereocenters. The molecule has 0 saturated carbocycles. The summed E-state index contributed by atoms with van der Waals surface area (Å²) in [4.78, 5) is 23.4. The molecule has 8 nitrogen and oxygen atoms in total. The Morgan fingerprint density at radius 3 is 1.68 bits per heavy atom. The highest BCUT2D eigenvalue weighted by molar-refractivity contribution is 7.87. The smallest absolute Gasteiger partial charge is 0.460 e. The van der Waals surface area contributed by atoms with Gasteiger partial charge in [-0.25, -0.2) is 9.59 Å². The SMILES string of the molecule is C=C(C(=O)OC(OCCCC(F)(F)C(F)(F)S(=O)(=O)O)(C(=O)OCCC(F)(F)F)C(F)(F)F)C(F)(F)F. The molecule has 0 aromatic heterocycles. The summed E-state index contributed by atoms with van der Waals surface area (Å²) < 4.78 is 208. The molecule has 1 N–H and O–H groups in total. The third-order valence-corrected chi connectivity index (χ3v) is 4.72. The molecule has 0 aliphatic rings. The Morgan fingerprint density at radius 1 is 0.811 bits per heavy atom. The first-order valence-corrected chi connectivity index (χ1v) is 10.2. The van der Waals surface area contributed by atoms with Crippen molar-refractivity contribution in [2.75, 3.05) is 13.2 Å². The van der Waals surface area contributed by atoms with Crippen LogP contribution >= 0.6 is 0 Å². The molecule has 0 fully saturated rings. The number of alkyl halides is 13. The lowest BCUT2D eigenvalue weighted by Crippen LogP contribution is -2.59. The first-order chi connectivity index (χ1) is 16.1. The number of esters is 2. The van der Waals surface area contributed by atoms with Gasteiger partial charge in [0.1, 0.15) is 12.2 Å². The number of rotatable bonds is 12. The quantitative estimate of drug-likeness (QED) is 0.0880. The van der Waals surface area contributed by atoms with Gasteiger partial charge in [-0.05, 0) is 6.42 Å². The van der Waals surface area contributed by atoms with E-state index in [9.17, 15) is 75.1 Å². The Hall–Kier alpha value is -2.36. The van der Waals surface area contributed by atoms with Crippen molar-refractivity contribution in [3.8, 4) is 0 Å². The fourth-order valence-corrected chi connectivity index (χ4v) is 2.37. The van der Waals surface area contributed by atoms with Crippen LogP contribution in [0.2, 0.25) is 0 Å². The van der Waals surface area contributed by atoms with Crippen LogP contribution in [0.1, 0.15) is 19.3 Å². The van der Waals surface area contributed by atoms with E-state index in [1.165, 1.54) is 0 Å². The lowest BCUT2D eigenvalue weighted by atomic mass is 10.2. The van der Waals surface area contributed by atoms with Crippen molar-refractivity contribution in [3.05, 3.63) is 12.2 Å². The maximum atomic E-state index is 13.6. The summed E-state index contributed by atoms with van der Waals surface area (Å²) >= 11 is 0. The summed E-state index contributed by atoms with van der Waals surface area (Å²) in [6, 6.07) is 0. The molecule has 22 heteroatoms. The molecule has 0 aliphatic heterocycles. The van der Waals surface area contributed by atoms with E-state index in [0.717, 1.165) is 0 Å². The Morgan fingerprint density at radius 2 is 1.30 bits per heavy atom. The van der Waals surface area contributed by atoms with E-state index in [4.69, 9.17) is 4.55 Å². The second-order valence-electron chi connectivity index (χ2n) is 6.63. The largest absolute Gasteiger partial charge is 0.468 e. The Bertz CT molecular complexity index is 953. The Labute approximate surface area is 197 Å². The second kappa shape index (κ2) is 11.2. The van der Waals surface area contributed by atoms with Gasteiger partial charge < -0.3 is 14.2 Å². The maximum Gasteiger partial charge on any atom is 0.468 e. The Balaban J connectivity index is 6.08. The summed E-state index contributed by atoms with van der Waals surface area (Å²) in [5, 5.41) is -6.20. The number of hydrogen-bond acceptors (Lipinski definition) is 7. The fraction of sp³-hybridized carbons (Fsp3) is 0.733. The molecule has 0 radical (unpaired) electrons. The number of halogens is 13. The molecule has 0 aromatic rings. The van der Waals surface area contributed by atoms with E-state index in [2.05, 4.69) is 14.2 Å². The number of carbonyl (C=O) groups excluding carboxylic acids is 2. The van der Waals surface area contributed by atoms with Crippen molar-refractivity contribution in [1.29, 1.82) is 0 Å². The molecule has 0 aromatic carbocycles. The van der Waals surface area contributed by atoms with Gasteiger partial charge in [0.25, 0.3) is 0 Å². The van der Waals surface area contributed by atoms with Gasteiger partial charge in [-0.2, -0.15) is 65.5 Å². The van der Waals surface area contributed by atoms with Gasteiger partial charge in [0, 0.05) is 6.42 Å². The van der Waals surface area contributed by atoms with Crippen LogP contribution in [0.4, 0.5) is 57.1 Å². The first kappa shape index (κ1) is 34.6. The van der Waals surface area contributed by atoms with E-state index in [1.54, 1.807) is 0 Å². The van der Waals surface area contributed by atoms with Crippen LogP contribution < -0.4 is 0 Å². The summed E-state index contributed by atoms with van der Waals surface area (Å²) in [5.74, 6) is -17.3. The number of carbonyl (C=O) groups is 2. The van der Waals surface area contributed by atoms with Crippen LogP contribution in [-0.4, -0.2) is 73.6 Å². The van der Waals surface area contributed by atoms with Crippen molar-refractivity contribution < 1.29 is 93.8 Å². The van der Waals surface area contributed by atoms with E-state index in [0.29, 0.717) is 0 Å². The molecule has 0 spiro atoms. The molecule has 1 atom stereocenters. The van der Waals surface area contributed by atoms with Gasteiger partial charge in [-0.1, -0.05) is 6.58 Å². The second-order valence-corrected chi connectivity index (χ2v) is 8.09. The molecule has 0 rings (SSSR count). The van der Waals surface area contributed by atoms with Gasteiger partial charge in [0.05, 0.1) is 13.0 Å². The van der Waals surface area contributed by atoms with Gasteiger partial charge in [-0.15, -0.1) is 0 Å². The van der Waals surface area contributed by atoms with E-state index in [1.807, 2.05) is 6.58 Å². The van der Waals surface area contributed by atoms with Gasteiger partial charge >= 0.3 is 57.5 Å². The highest BCUT2D eigenvalue weighted by Gasteiger charge is 2.69. The topological polar surface area (TPSA) is 116 Å². The standard InChI is InChI=1S/C15H13F13O8S/c1-7(13(21,22)23)8(29)36-12(14(24,25)26,9(30)34-6-4-11(18,19)20)35-5-2-3-10(16,17)15(27,28)37(31,32)33/h1-6H2,(H,31,32,33). The summed E-state index contributed by atoms with van der Waals surface area (Å²) in [5.41, 5.74) is -2.72. The first-order valence-electron chi connectivity index (χ1n) is 8.79. The van der Waals surface area contributed by atoms with Crippen molar-refractivity contribution in [2.24, 2.45) is 0 Å². The fourth-order valence-electron chi connectivity index (χ4n) is 1.89. The zero-order chi connectivity index (χ0) is 29.9. The van der Waals surface area contributed by atoms with Crippen molar-refractivity contribution >= 4 is 22.1 Å². The van der Waals surface area contributed by atoms with E-state index < -0.39 is 95.6 Å². The third kappa shape index (κ3) is 8.86. The molecule has 37 heavy (non-hydrogen) atoms. The monoisotopic (exact) mass is 600 g/mol. The van der Waals surface area contributed by atoms with E-state index in [-0.39, 0.29) is 0 Å². The van der Waals surface area contributed by atoms with Crippen molar-refractivity contribution in [1.82, 2.24) is 0 Å². The average molecular weight is 600 g/mol. The summed E-state index contributed by atoms with van der Waals surface area (Å²) in [6.45, 7) is -1.96. The number of ether oxygens (including phenoxy) is 3. The molecule has 218 valence electrons. The minimum absolute atomic E-state index is 1.80. The Kier molecular flexibility index (Phi) is 10.5. The van der Waals surface area contributed by atoms with E-state index >= 15 is 0 Å². The van der Waals surface area contributed by atoms with Gasteiger partial charge in [0.2, 0.25) is 0 Å². The minimum atomic E-state index is -6.78. The van der Waals surface area contributed by atoms with Crippen molar-refractivity contribution in [3.63, 3.8) is 0 Å². The molecule has 0 amide bonds. The minimum Gasteiger partial charge on any atom is -0.460 e. The van der Waals surface area contributed by atoms with Crippen molar-refractivity contribution in [2.45, 2.75) is 54.8 Å². The zero-order valence-electron chi connectivity index (χ0n) is 17.4. The molecule has 0 aliphatic carbocycles. The van der Waals surface area contributed by atoms with Crippen LogP contribution in [0.3, 0.4) is 0 Å². The normalized spacial score (nSPS) is 15.6. The molecule has 0 heterocycles. The third-order valence-electron chi connectivity index (χ3n) is 3.78. The molecular formula is C15H13F13O8S. The van der Waals surface area contributed by atoms with Crippen LogP contribution in [-0.2, 0) is 33.9 Å².